The van der Waals surface area contributed by atoms with E-state index in [1.807, 2.05) is 31.2 Å². The summed E-state index contributed by atoms with van der Waals surface area (Å²) in [5.74, 6) is 0.00303. The van der Waals surface area contributed by atoms with Crippen molar-refractivity contribution in [3.05, 3.63) is 34.9 Å². The molecule has 1 aliphatic heterocycles. The van der Waals surface area contributed by atoms with Gasteiger partial charge in [-0.3, -0.25) is 4.79 Å². The van der Waals surface area contributed by atoms with Gasteiger partial charge in [-0.15, -0.1) is 12.4 Å². The van der Waals surface area contributed by atoms with Crippen molar-refractivity contribution in [3.8, 4) is 0 Å². The van der Waals surface area contributed by atoms with Crippen LogP contribution in [0.5, 0.6) is 0 Å². The molecule has 118 valence electrons. The SMILES string of the molecule is CCN(Cc1cccc(Cl)c1)C(=O)C1(N)CCOCC1.Cl. The van der Waals surface area contributed by atoms with Crippen LogP contribution in [0.15, 0.2) is 24.3 Å². The second kappa shape index (κ2) is 7.99. The molecule has 4 nitrogen and oxygen atoms in total. The van der Waals surface area contributed by atoms with Gasteiger partial charge in [0.15, 0.2) is 0 Å². The van der Waals surface area contributed by atoms with E-state index in [9.17, 15) is 4.79 Å². The van der Waals surface area contributed by atoms with E-state index >= 15 is 0 Å². The summed E-state index contributed by atoms with van der Waals surface area (Å²) in [7, 11) is 0. The normalized spacial score (nSPS) is 16.9. The number of hydrogen-bond acceptors (Lipinski definition) is 3. The summed E-state index contributed by atoms with van der Waals surface area (Å²) in [5.41, 5.74) is 6.50. The van der Waals surface area contributed by atoms with Crippen molar-refractivity contribution in [2.24, 2.45) is 5.73 Å². The predicted octanol–water partition coefficient (Wildman–Crippen LogP) is 2.62. The minimum absolute atomic E-state index is 0. The van der Waals surface area contributed by atoms with E-state index in [4.69, 9.17) is 22.1 Å². The average molecular weight is 333 g/mol. The molecule has 0 bridgehead atoms. The highest BCUT2D eigenvalue weighted by molar-refractivity contribution is 6.30. The molecular weight excluding hydrogens is 311 g/mol. The molecule has 1 saturated heterocycles. The topological polar surface area (TPSA) is 55.6 Å². The van der Waals surface area contributed by atoms with Crippen molar-refractivity contribution in [1.29, 1.82) is 0 Å². The number of carbonyl (C=O) groups excluding carboxylic acids is 1. The van der Waals surface area contributed by atoms with E-state index in [0.29, 0.717) is 44.2 Å². The number of amides is 1. The van der Waals surface area contributed by atoms with Gasteiger partial charge in [-0.05, 0) is 37.5 Å². The zero-order valence-electron chi connectivity index (χ0n) is 12.2. The lowest BCUT2D eigenvalue weighted by molar-refractivity contribution is -0.141. The summed E-state index contributed by atoms with van der Waals surface area (Å²) < 4.78 is 5.29. The van der Waals surface area contributed by atoms with Crippen LogP contribution in [0.2, 0.25) is 5.02 Å². The van der Waals surface area contributed by atoms with Crippen molar-refractivity contribution in [1.82, 2.24) is 4.90 Å². The first-order chi connectivity index (χ1) is 9.55. The van der Waals surface area contributed by atoms with Gasteiger partial charge in [-0.25, -0.2) is 0 Å². The van der Waals surface area contributed by atoms with Gasteiger partial charge in [0.1, 0.15) is 0 Å². The van der Waals surface area contributed by atoms with Crippen LogP contribution in [-0.2, 0) is 16.1 Å². The summed E-state index contributed by atoms with van der Waals surface area (Å²) in [5, 5.41) is 0.680. The Labute approximate surface area is 137 Å². The van der Waals surface area contributed by atoms with Crippen LogP contribution in [0.4, 0.5) is 0 Å². The standard InChI is InChI=1S/C15H21ClN2O2.ClH/c1-2-18(11-12-4-3-5-13(16)10-12)14(19)15(17)6-8-20-9-7-15;/h3-5,10H,2,6-9,11,17H2,1H3;1H. The van der Waals surface area contributed by atoms with Gasteiger partial charge < -0.3 is 15.4 Å². The first kappa shape index (κ1) is 18.2. The Bertz CT molecular complexity index is 476. The molecule has 1 aromatic rings. The molecule has 1 fully saturated rings. The summed E-state index contributed by atoms with van der Waals surface area (Å²) in [6.07, 6.45) is 1.16. The highest BCUT2D eigenvalue weighted by Gasteiger charge is 2.38. The Morgan fingerprint density at radius 3 is 2.67 bits per heavy atom. The maximum atomic E-state index is 12.7. The van der Waals surface area contributed by atoms with Crippen LogP contribution < -0.4 is 5.73 Å². The third kappa shape index (κ3) is 4.58. The molecule has 1 aromatic carbocycles. The van der Waals surface area contributed by atoms with Crippen molar-refractivity contribution in [2.75, 3.05) is 19.8 Å². The maximum Gasteiger partial charge on any atom is 0.243 e. The van der Waals surface area contributed by atoms with Crippen molar-refractivity contribution < 1.29 is 9.53 Å². The van der Waals surface area contributed by atoms with E-state index in [1.165, 1.54) is 0 Å². The highest BCUT2D eigenvalue weighted by atomic mass is 35.5. The summed E-state index contributed by atoms with van der Waals surface area (Å²) in [6.45, 7) is 4.24. The molecule has 0 aliphatic carbocycles. The minimum Gasteiger partial charge on any atom is -0.381 e. The number of ether oxygens (including phenoxy) is 1. The Morgan fingerprint density at radius 2 is 2.10 bits per heavy atom. The zero-order valence-corrected chi connectivity index (χ0v) is 13.8. The van der Waals surface area contributed by atoms with Crippen LogP contribution >= 0.6 is 24.0 Å². The van der Waals surface area contributed by atoms with E-state index < -0.39 is 5.54 Å². The molecule has 0 spiro atoms. The Kier molecular flexibility index (Phi) is 6.94. The van der Waals surface area contributed by atoms with Crippen molar-refractivity contribution in [3.63, 3.8) is 0 Å². The van der Waals surface area contributed by atoms with Crippen molar-refractivity contribution >= 4 is 29.9 Å². The molecule has 0 unspecified atom stereocenters. The van der Waals surface area contributed by atoms with Gasteiger partial charge in [-0.2, -0.15) is 0 Å². The molecule has 1 heterocycles. The molecular formula is C15H22Cl2N2O2. The van der Waals surface area contributed by atoms with Gasteiger partial charge >= 0.3 is 0 Å². The third-order valence-corrected chi connectivity index (χ3v) is 3.98. The lowest BCUT2D eigenvalue weighted by Crippen LogP contribution is -2.57. The largest absolute Gasteiger partial charge is 0.381 e. The predicted molar refractivity (Wildman–Crippen MR) is 86.8 cm³/mol. The Hall–Kier alpha value is -0.810. The quantitative estimate of drug-likeness (QED) is 0.922. The Morgan fingerprint density at radius 1 is 1.43 bits per heavy atom. The number of likely N-dealkylation sites (N-methyl/N-ethyl adjacent to an activating group) is 1. The summed E-state index contributed by atoms with van der Waals surface area (Å²) >= 11 is 5.98. The van der Waals surface area contributed by atoms with Gasteiger partial charge in [0.05, 0.1) is 5.54 Å². The fourth-order valence-corrected chi connectivity index (χ4v) is 2.66. The van der Waals surface area contributed by atoms with Crippen molar-refractivity contribution in [2.45, 2.75) is 31.8 Å². The fraction of sp³-hybridized carbons (Fsp3) is 0.533. The molecule has 2 N–H and O–H groups in total. The molecule has 0 saturated carbocycles. The van der Waals surface area contributed by atoms with Gasteiger partial charge in [0.2, 0.25) is 5.91 Å². The average Bonchev–Trinajstić information content (AvgIpc) is 2.45. The molecule has 0 radical (unpaired) electrons. The van der Waals surface area contributed by atoms with Crippen LogP contribution in [0.25, 0.3) is 0 Å². The van der Waals surface area contributed by atoms with Crippen LogP contribution in [0, 0.1) is 0 Å². The molecule has 21 heavy (non-hydrogen) atoms. The molecule has 0 aromatic heterocycles. The number of nitrogens with zero attached hydrogens (tertiary/aromatic N) is 1. The van der Waals surface area contributed by atoms with E-state index in [-0.39, 0.29) is 18.3 Å². The molecule has 0 atom stereocenters. The van der Waals surface area contributed by atoms with Crippen LogP contribution in [0.1, 0.15) is 25.3 Å². The fourth-order valence-electron chi connectivity index (χ4n) is 2.45. The molecule has 1 amide bonds. The molecule has 1 aliphatic rings. The second-order valence-corrected chi connectivity index (χ2v) is 5.65. The number of rotatable bonds is 4. The molecule has 6 heteroatoms. The minimum atomic E-state index is -0.785. The summed E-state index contributed by atoms with van der Waals surface area (Å²) in [6, 6.07) is 7.56. The number of carbonyl (C=O) groups is 1. The van der Waals surface area contributed by atoms with Crippen LogP contribution in [-0.4, -0.2) is 36.1 Å². The Balaban J connectivity index is 0.00000220. The monoisotopic (exact) mass is 332 g/mol. The highest BCUT2D eigenvalue weighted by Crippen LogP contribution is 2.22. The van der Waals surface area contributed by atoms with Crippen LogP contribution in [0.3, 0.4) is 0 Å². The first-order valence-corrected chi connectivity index (χ1v) is 7.33. The third-order valence-electron chi connectivity index (χ3n) is 3.74. The number of halogens is 2. The maximum absolute atomic E-state index is 12.7. The second-order valence-electron chi connectivity index (χ2n) is 5.22. The molecule has 2 rings (SSSR count). The van der Waals surface area contributed by atoms with Gasteiger partial charge in [0.25, 0.3) is 0 Å². The van der Waals surface area contributed by atoms with E-state index in [2.05, 4.69) is 0 Å². The zero-order chi connectivity index (χ0) is 14.6. The number of hydrogen-bond donors (Lipinski definition) is 1. The van der Waals surface area contributed by atoms with E-state index in [1.54, 1.807) is 4.90 Å². The number of nitrogens with two attached hydrogens (primary N) is 1. The summed E-state index contributed by atoms with van der Waals surface area (Å²) in [4.78, 5) is 14.4. The smallest absolute Gasteiger partial charge is 0.243 e. The lowest BCUT2D eigenvalue weighted by atomic mass is 9.89. The van der Waals surface area contributed by atoms with E-state index in [0.717, 1.165) is 5.56 Å². The lowest BCUT2D eigenvalue weighted by Gasteiger charge is -2.36. The number of benzene rings is 1. The van der Waals surface area contributed by atoms with Gasteiger partial charge in [0, 0.05) is 31.3 Å². The van der Waals surface area contributed by atoms with Gasteiger partial charge in [-0.1, -0.05) is 23.7 Å². The first-order valence-electron chi connectivity index (χ1n) is 6.95.